The van der Waals surface area contributed by atoms with Gasteiger partial charge in [-0.15, -0.1) is 0 Å². The fourth-order valence-electron chi connectivity index (χ4n) is 4.73. The molecule has 0 radical (unpaired) electrons. The zero-order valence-electron chi connectivity index (χ0n) is 29.6. The molecule has 11 nitrogen and oxygen atoms in total. The molecule has 260 valence electrons. The van der Waals surface area contributed by atoms with Crippen molar-refractivity contribution in [2.75, 3.05) is 25.5 Å². The molecule has 0 fully saturated rings. The molecular formula is C35H59N5O6. The summed E-state index contributed by atoms with van der Waals surface area (Å²) in [6.45, 7) is 17.4. The van der Waals surface area contributed by atoms with Gasteiger partial charge in [-0.05, 0) is 66.5 Å². The summed E-state index contributed by atoms with van der Waals surface area (Å²) >= 11 is 0. The average Bonchev–Trinajstić information content (AvgIpc) is 2.94. The van der Waals surface area contributed by atoms with Crippen molar-refractivity contribution in [2.45, 2.75) is 113 Å². The zero-order valence-corrected chi connectivity index (χ0v) is 29.6. The summed E-state index contributed by atoms with van der Waals surface area (Å²) in [7, 11) is 1.72. The van der Waals surface area contributed by atoms with E-state index in [9.17, 15) is 24.0 Å². The molecule has 0 unspecified atom stereocenters. The maximum absolute atomic E-state index is 13.4. The predicted molar refractivity (Wildman–Crippen MR) is 182 cm³/mol. The highest BCUT2D eigenvalue weighted by molar-refractivity contribution is 5.97. The second-order valence-corrected chi connectivity index (χ2v) is 15.0. The van der Waals surface area contributed by atoms with Crippen molar-refractivity contribution < 1.29 is 28.7 Å². The summed E-state index contributed by atoms with van der Waals surface area (Å²) in [6, 6.07) is 5.59. The number of amides is 5. The number of nitrogens with one attached hydrogen (secondary N) is 3. The molecule has 0 spiro atoms. The number of rotatable bonds is 18. The van der Waals surface area contributed by atoms with Gasteiger partial charge in [0.15, 0.2) is 5.78 Å². The van der Waals surface area contributed by atoms with Crippen LogP contribution in [-0.2, 0) is 25.7 Å². The van der Waals surface area contributed by atoms with Gasteiger partial charge < -0.3 is 31.3 Å². The molecule has 0 aliphatic rings. The Morgan fingerprint density at radius 2 is 1.52 bits per heavy atom. The quantitative estimate of drug-likeness (QED) is 0.143. The van der Waals surface area contributed by atoms with Crippen LogP contribution in [0.15, 0.2) is 24.3 Å². The molecule has 0 saturated heterocycles. The van der Waals surface area contributed by atoms with Crippen LogP contribution in [0.25, 0.3) is 0 Å². The van der Waals surface area contributed by atoms with E-state index in [1.165, 1.54) is 0 Å². The zero-order chi connectivity index (χ0) is 35.1. The van der Waals surface area contributed by atoms with Crippen LogP contribution in [0.3, 0.4) is 0 Å². The lowest BCUT2D eigenvalue weighted by molar-refractivity contribution is -0.131. The largest absolute Gasteiger partial charge is 0.445 e. The molecule has 11 heteroatoms. The Labute approximate surface area is 276 Å². The molecule has 5 amide bonds. The van der Waals surface area contributed by atoms with E-state index in [1.54, 1.807) is 36.2 Å². The standard InChI is InChI=1S/C35H59N5O6/c1-24(2)30(39-29(42)17-19-35(6,7)8)28(41)22-26(12-10-20-37-32(36)44)31(43)38-27-15-13-25(14-16-27)23-46-33(45)40(9)21-11-18-34(3,4)5/h13-16,24,26,30H,10-12,17-23H2,1-9H3,(H,38,43)(H,39,42)(H3,36,37,44)/t26-,30+/m1/s1. The molecule has 1 aromatic rings. The van der Waals surface area contributed by atoms with E-state index in [-0.39, 0.29) is 53.9 Å². The number of ketones is 1. The van der Waals surface area contributed by atoms with E-state index >= 15 is 0 Å². The number of urea groups is 1. The van der Waals surface area contributed by atoms with Crippen molar-refractivity contribution in [3.8, 4) is 0 Å². The van der Waals surface area contributed by atoms with Gasteiger partial charge in [-0.25, -0.2) is 9.59 Å². The normalized spacial score (nSPS) is 13.0. The van der Waals surface area contributed by atoms with Gasteiger partial charge in [0, 0.05) is 44.6 Å². The van der Waals surface area contributed by atoms with Gasteiger partial charge in [-0.1, -0.05) is 67.5 Å². The van der Waals surface area contributed by atoms with Gasteiger partial charge >= 0.3 is 12.1 Å². The Morgan fingerprint density at radius 1 is 0.913 bits per heavy atom. The molecule has 0 heterocycles. The Balaban J connectivity index is 2.84. The Kier molecular flexibility index (Phi) is 16.8. The first-order valence-corrected chi connectivity index (χ1v) is 16.4. The summed E-state index contributed by atoms with van der Waals surface area (Å²) in [5.41, 5.74) is 6.66. The van der Waals surface area contributed by atoms with E-state index < -0.39 is 24.1 Å². The van der Waals surface area contributed by atoms with Crippen LogP contribution in [0.1, 0.15) is 106 Å². The second-order valence-electron chi connectivity index (χ2n) is 15.0. The number of carbonyl (C=O) groups excluding carboxylic acids is 5. The summed E-state index contributed by atoms with van der Waals surface area (Å²) in [5, 5.41) is 8.27. The highest BCUT2D eigenvalue weighted by atomic mass is 16.6. The smallest absolute Gasteiger partial charge is 0.409 e. The Bertz CT molecular complexity index is 1140. The van der Waals surface area contributed by atoms with E-state index in [1.807, 2.05) is 13.8 Å². The van der Waals surface area contributed by atoms with Gasteiger partial charge in [0.25, 0.3) is 0 Å². The molecule has 0 saturated carbocycles. The van der Waals surface area contributed by atoms with E-state index in [4.69, 9.17) is 10.5 Å². The molecule has 0 aliphatic heterocycles. The van der Waals surface area contributed by atoms with Crippen molar-refractivity contribution in [1.29, 1.82) is 0 Å². The number of anilines is 1. The first-order valence-electron chi connectivity index (χ1n) is 16.4. The van der Waals surface area contributed by atoms with Crippen LogP contribution in [0.5, 0.6) is 0 Å². The molecule has 1 aromatic carbocycles. The van der Waals surface area contributed by atoms with Gasteiger partial charge in [0.05, 0.1) is 6.04 Å². The lowest BCUT2D eigenvalue weighted by Crippen LogP contribution is -2.45. The van der Waals surface area contributed by atoms with Gasteiger partial charge in [-0.2, -0.15) is 0 Å². The number of ether oxygens (including phenoxy) is 1. The highest BCUT2D eigenvalue weighted by Crippen LogP contribution is 2.23. The highest BCUT2D eigenvalue weighted by Gasteiger charge is 2.30. The Hall–Kier alpha value is -3.63. The summed E-state index contributed by atoms with van der Waals surface area (Å²) in [4.78, 5) is 64.5. The van der Waals surface area contributed by atoms with E-state index in [2.05, 4.69) is 57.5 Å². The predicted octanol–water partition coefficient (Wildman–Crippen LogP) is 6.01. The van der Waals surface area contributed by atoms with Crippen LogP contribution in [0.4, 0.5) is 15.3 Å². The number of Topliss-reactive ketones (excluding diaryl/α,β-unsaturated/α-hetero) is 1. The average molecular weight is 646 g/mol. The maximum atomic E-state index is 13.4. The summed E-state index contributed by atoms with van der Waals surface area (Å²) < 4.78 is 5.44. The summed E-state index contributed by atoms with van der Waals surface area (Å²) in [6.07, 6.45) is 3.20. The molecule has 2 atom stereocenters. The number of hydrogen-bond acceptors (Lipinski definition) is 6. The summed E-state index contributed by atoms with van der Waals surface area (Å²) in [5.74, 6) is -1.60. The van der Waals surface area contributed by atoms with E-state index in [0.29, 0.717) is 37.9 Å². The van der Waals surface area contributed by atoms with Crippen molar-refractivity contribution in [2.24, 2.45) is 28.4 Å². The SMILES string of the molecule is CC(C)[C@H](NC(=O)CCC(C)(C)C)C(=O)C[C@@H](CCCNC(N)=O)C(=O)Nc1ccc(COC(=O)N(C)CCCC(C)(C)C)cc1. The van der Waals surface area contributed by atoms with Crippen molar-refractivity contribution in [1.82, 2.24) is 15.5 Å². The molecule has 5 N–H and O–H groups in total. The maximum Gasteiger partial charge on any atom is 0.409 e. The Morgan fingerprint density at radius 3 is 2.07 bits per heavy atom. The molecule has 0 aromatic heterocycles. The third-order valence-electron chi connectivity index (χ3n) is 7.59. The minimum Gasteiger partial charge on any atom is -0.445 e. The fourth-order valence-corrected chi connectivity index (χ4v) is 4.73. The van der Waals surface area contributed by atoms with Gasteiger partial charge in [-0.3, -0.25) is 14.4 Å². The van der Waals surface area contributed by atoms with Crippen LogP contribution in [0, 0.1) is 22.7 Å². The van der Waals surface area contributed by atoms with Crippen molar-refractivity contribution >= 4 is 35.4 Å². The number of carbonyl (C=O) groups is 5. The number of benzene rings is 1. The number of hydrogen-bond donors (Lipinski definition) is 4. The third-order valence-corrected chi connectivity index (χ3v) is 7.59. The first-order chi connectivity index (χ1) is 21.3. The van der Waals surface area contributed by atoms with Gasteiger partial charge in [0.2, 0.25) is 11.8 Å². The first kappa shape index (κ1) is 40.4. The van der Waals surface area contributed by atoms with Crippen molar-refractivity contribution in [3.63, 3.8) is 0 Å². The monoisotopic (exact) mass is 645 g/mol. The lowest BCUT2D eigenvalue weighted by Gasteiger charge is -2.25. The topological polar surface area (TPSA) is 160 Å². The number of nitrogens with zero attached hydrogens (tertiary/aromatic N) is 1. The second kappa shape index (κ2) is 19.1. The minimum absolute atomic E-state index is 0.0120. The minimum atomic E-state index is -0.717. The molecule has 0 bridgehead atoms. The van der Waals surface area contributed by atoms with Crippen LogP contribution >= 0.6 is 0 Å². The molecule has 0 aliphatic carbocycles. The molecule has 1 rings (SSSR count). The van der Waals surface area contributed by atoms with E-state index in [0.717, 1.165) is 18.4 Å². The van der Waals surface area contributed by atoms with Crippen LogP contribution in [0.2, 0.25) is 0 Å². The van der Waals surface area contributed by atoms with Crippen LogP contribution in [-0.4, -0.2) is 60.8 Å². The van der Waals surface area contributed by atoms with Crippen molar-refractivity contribution in [3.05, 3.63) is 29.8 Å². The number of nitrogens with two attached hydrogens (primary N) is 1. The fraction of sp³-hybridized carbons (Fsp3) is 0.686. The molecule has 46 heavy (non-hydrogen) atoms. The van der Waals surface area contributed by atoms with Crippen LogP contribution < -0.4 is 21.7 Å². The lowest BCUT2D eigenvalue weighted by atomic mass is 9.88. The molecular weight excluding hydrogens is 586 g/mol. The third kappa shape index (κ3) is 17.8. The van der Waals surface area contributed by atoms with Gasteiger partial charge in [0.1, 0.15) is 6.61 Å². The number of primary amides is 1.